The second kappa shape index (κ2) is 3.53. The van der Waals surface area contributed by atoms with E-state index in [0.717, 1.165) is 5.69 Å². The Hall–Kier alpha value is -1.16. The van der Waals surface area contributed by atoms with Crippen LogP contribution in [0.3, 0.4) is 0 Å². The molecular weight excluding hydrogens is 178 g/mol. The van der Waals surface area contributed by atoms with E-state index in [9.17, 15) is 4.79 Å². The molecule has 0 aliphatic rings. The van der Waals surface area contributed by atoms with E-state index < -0.39 is 0 Å². The van der Waals surface area contributed by atoms with Gasteiger partial charge in [-0.2, -0.15) is 0 Å². The summed E-state index contributed by atoms with van der Waals surface area (Å²) >= 11 is 0. The molecule has 1 aromatic heterocycles. The molecule has 4 nitrogen and oxygen atoms in total. The lowest BCUT2D eigenvalue weighted by Crippen LogP contribution is -2.26. The average molecular weight is 195 g/mol. The number of aryl methyl sites for hydroxylation is 1. The van der Waals surface area contributed by atoms with E-state index in [1.807, 2.05) is 27.7 Å². The maximum absolute atomic E-state index is 11.6. The lowest BCUT2D eigenvalue weighted by molar-refractivity contribution is 0.538. The molecule has 14 heavy (non-hydrogen) atoms. The number of hydrogen-bond donors (Lipinski definition) is 2. The quantitative estimate of drug-likeness (QED) is 0.697. The van der Waals surface area contributed by atoms with Gasteiger partial charge in [0.05, 0.1) is 5.56 Å². The van der Waals surface area contributed by atoms with Crippen LogP contribution < -0.4 is 11.3 Å². The number of nitrogens with one attached hydrogen (secondary N) is 1. The molecule has 0 aromatic carbocycles. The largest absolute Gasteiger partial charge is 0.326 e. The summed E-state index contributed by atoms with van der Waals surface area (Å²) in [5, 5.41) is 0. The van der Waals surface area contributed by atoms with Crippen LogP contribution in [0.25, 0.3) is 0 Å². The molecule has 78 valence electrons. The number of H-pyrrole nitrogens is 1. The maximum atomic E-state index is 11.6. The summed E-state index contributed by atoms with van der Waals surface area (Å²) in [5.41, 5.74) is 6.48. The molecule has 0 aliphatic heterocycles. The summed E-state index contributed by atoms with van der Waals surface area (Å²) in [7, 11) is 0. The second-order valence-corrected chi connectivity index (χ2v) is 4.43. The fourth-order valence-electron chi connectivity index (χ4n) is 1.21. The molecule has 0 radical (unpaired) electrons. The predicted molar refractivity (Wildman–Crippen MR) is 56.2 cm³/mol. The van der Waals surface area contributed by atoms with Gasteiger partial charge in [-0.05, 0) is 6.92 Å². The van der Waals surface area contributed by atoms with Crippen LogP contribution in [0.5, 0.6) is 0 Å². The zero-order chi connectivity index (χ0) is 10.9. The first-order valence-electron chi connectivity index (χ1n) is 4.66. The summed E-state index contributed by atoms with van der Waals surface area (Å²) in [6.07, 6.45) is 0. The Morgan fingerprint density at radius 2 is 2.00 bits per heavy atom. The van der Waals surface area contributed by atoms with Crippen LogP contribution in [-0.2, 0) is 12.0 Å². The van der Waals surface area contributed by atoms with Crippen LogP contribution in [0.4, 0.5) is 0 Å². The number of nitrogens with two attached hydrogens (primary N) is 1. The van der Waals surface area contributed by atoms with Crippen molar-refractivity contribution in [1.82, 2.24) is 9.97 Å². The van der Waals surface area contributed by atoms with Crippen LogP contribution in [-0.4, -0.2) is 9.97 Å². The van der Waals surface area contributed by atoms with Gasteiger partial charge in [-0.25, -0.2) is 4.98 Å². The number of nitrogens with zero attached hydrogens (tertiary/aromatic N) is 1. The molecular formula is C10H17N3O. The van der Waals surface area contributed by atoms with E-state index in [1.165, 1.54) is 0 Å². The third kappa shape index (κ3) is 2.01. The van der Waals surface area contributed by atoms with E-state index in [0.29, 0.717) is 11.4 Å². The predicted octanol–water partition coefficient (Wildman–Crippen LogP) is 0.835. The van der Waals surface area contributed by atoms with Gasteiger partial charge in [-0.15, -0.1) is 0 Å². The molecule has 0 unspecified atom stereocenters. The van der Waals surface area contributed by atoms with E-state index in [2.05, 4.69) is 9.97 Å². The number of rotatable bonds is 1. The van der Waals surface area contributed by atoms with Gasteiger partial charge in [0.2, 0.25) is 0 Å². The Kier molecular flexibility index (Phi) is 2.76. The zero-order valence-corrected chi connectivity index (χ0v) is 9.14. The lowest BCUT2D eigenvalue weighted by Gasteiger charge is -2.18. The highest BCUT2D eigenvalue weighted by atomic mass is 16.1. The fraction of sp³-hybridized carbons (Fsp3) is 0.600. The van der Waals surface area contributed by atoms with E-state index in [4.69, 9.17) is 5.73 Å². The topological polar surface area (TPSA) is 71.8 Å². The minimum Gasteiger partial charge on any atom is -0.326 e. The molecule has 0 saturated carbocycles. The standard InChI is InChI=1S/C10H17N3O/c1-6-7(5-11)8(14)13-9(12-6)10(2,3)4/h5,11H2,1-4H3,(H,12,13,14). The molecule has 0 amide bonds. The Labute approximate surface area is 83.6 Å². The first-order chi connectivity index (χ1) is 6.36. The van der Waals surface area contributed by atoms with Gasteiger partial charge in [0, 0.05) is 17.7 Å². The number of aromatic nitrogens is 2. The molecule has 1 aromatic rings. The first kappa shape index (κ1) is 10.9. The summed E-state index contributed by atoms with van der Waals surface area (Å²) in [6, 6.07) is 0. The summed E-state index contributed by atoms with van der Waals surface area (Å²) in [6.45, 7) is 8.07. The molecule has 1 heterocycles. The van der Waals surface area contributed by atoms with Crippen molar-refractivity contribution in [3.8, 4) is 0 Å². The number of aromatic amines is 1. The van der Waals surface area contributed by atoms with Gasteiger partial charge in [0.25, 0.3) is 5.56 Å². The Bertz CT molecular complexity index is 387. The fourth-order valence-corrected chi connectivity index (χ4v) is 1.21. The monoisotopic (exact) mass is 195 g/mol. The summed E-state index contributed by atoms with van der Waals surface area (Å²) in [5.74, 6) is 0.706. The van der Waals surface area contributed by atoms with E-state index in [-0.39, 0.29) is 17.5 Å². The van der Waals surface area contributed by atoms with Crippen LogP contribution in [0.2, 0.25) is 0 Å². The third-order valence-corrected chi connectivity index (χ3v) is 2.14. The van der Waals surface area contributed by atoms with E-state index in [1.54, 1.807) is 0 Å². The van der Waals surface area contributed by atoms with Gasteiger partial charge < -0.3 is 10.7 Å². The van der Waals surface area contributed by atoms with Gasteiger partial charge in [0.15, 0.2) is 0 Å². The molecule has 0 bridgehead atoms. The zero-order valence-electron chi connectivity index (χ0n) is 9.14. The molecule has 1 rings (SSSR count). The van der Waals surface area contributed by atoms with Crippen molar-refractivity contribution in [2.45, 2.75) is 39.7 Å². The molecule has 3 N–H and O–H groups in total. The van der Waals surface area contributed by atoms with Crippen LogP contribution >= 0.6 is 0 Å². The normalized spacial score (nSPS) is 11.8. The van der Waals surface area contributed by atoms with E-state index >= 15 is 0 Å². The first-order valence-corrected chi connectivity index (χ1v) is 4.66. The highest BCUT2D eigenvalue weighted by Crippen LogP contribution is 2.17. The van der Waals surface area contributed by atoms with Crippen molar-refractivity contribution in [3.63, 3.8) is 0 Å². The minimum atomic E-state index is -0.142. The van der Waals surface area contributed by atoms with Crippen molar-refractivity contribution >= 4 is 0 Å². The molecule has 0 aliphatic carbocycles. The molecule has 0 atom stereocenters. The average Bonchev–Trinajstić information content (AvgIpc) is 2.01. The van der Waals surface area contributed by atoms with Gasteiger partial charge in [-0.1, -0.05) is 20.8 Å². The smallest absolute Gasteiger partial charge is 0.255 e. The van der Waals surface area contributed by atoms with Crippen LogP contribution in [0, 0.1) is 6.92 Å². The Morgan fingerprint density at radius 3 is 2.36 bits per heavy atom. The van der Waals surface area contributed by atoms with Crippen LogP contribution in [0.15, 0.2) is 4.79 Å². The van der Waals surface area contributed by atoms with Crippen molar-refractivity contribution in [3.05, 3.63) is 27.4 Å². The molecule has 0 fully saturated rings. The van der Waals surface area contributed by atoms with Gasteiger partial charge >= 0.3 is 0 Å². The minimum absolute atomic E-state index is 0.120. The highest BCUT2D eigenvalue weighted by molar-refractivity contribution is 5.18. The highest BCUT2D eigenvalue weighted by Gasteiger charge is 2.18. The Morgan fingerprint density at radius 1 is 1.43 bits per heavy atom. The molecule has 4 heteroatoms. The van der Waals surface area contributed by atoms with Crippen molar-refractivity contribution < 1.29 is 0 Å². The molecule has 0 spiro atoms. The van der Waals surface area contributed by atoms with Gasteiger partial charge in [-0.3, -0.25) is 4.79 Å². The third-order valence-electron chi connectivity index (χ3n) is 2.14. The van der Waals surface area contributed by atoms with Crippen molar-refractivity contribution in [2.24, 2.45) is 5.73 Å². The van der Waals surface area contributed by atoms with Crippen molar-refractivity contribution in [1.29, 1.82) is 0 Å². The summed E-state index contributed by atoms with van der Waals surface area (Å²) in [4.78, 5) is 18.7. The Balaban J connectivity index is 3.36. The second-order valence-electron chi connectivity index (χ2n) is 4.43. The summed E-state index contributed by atoms with van der Waals surface area (Å²) < 4.78 is 0. The lowest BCUT2D eigenvalue weighted by atomic mass is 9.95. The molecule has 0 saturated heterocycles. The van der Waals surface area contributed by atoms with Gasteiger partial charge in [0.1, 0.15) is 5.82 Å². The van der Waals surface area contributed by atoms with Crippen molar-refractivity contribution in [2.75, 3.05) is 0 Å². The van der Waals surface area contributed by atoms with Crippen LogP contribution in [0.1, 0.15) is 37.9 Å². The number of hydrogen-bond acceptors (Lipinski definition) is 3. The maximum Gasteiger partial charge on any atom is 0.255 e. The SMILES string of the molecule is Cc1nc(C(C)(C)C)[nH]c(=O)c1CN.